The lowest BCUT2D eigenvalue weighted by atomic mass is 10.1. The van der Waals surface area contributed by atoms with E-state index in [1.807, 2.05) is 23.2 Å². The number of carbonyl (C=O) groups excluding carboxylic acids is 2. The molecule has 2 N–H and O–H groups in total. The third-order valence-corrected chi connectivity index (χ3v) is 5.39. The molecule has 1 fully saturated rings. The standard InChI is InChI=1S/C20H21F3N6O2/c1-11-3-6-16(24-9-11)27-19(31)29-13-7-8-28(10-13)15-5-4-14(26-17(15)29)18(30)25-12(2)20(21,22)23/h3-6,9,12-13H,7-8,10H2,1-2H3,(H,25,30)(H,24,27,31)/t12?,13-/m0/s1. The van der Waals surface area contributed by atoms with Crippen molar-refractivity contribution in [1.82, 2.24) is 15.3 Å². The van der Waals surface area contributed by atoms with Crippen LogP contribution in [0, 0.1) is 6.92 Å². The average molecular weight is 434 g/mol. The summed E-state index contributed by atoms with van der Waals surface area (Å²) in [6.45, 7) is 4.06. The lowest BCUT2D eigenvalue weighted by Crippen LogP contribution is -2.49. The molecule has 3 amide bonds. The number of anilines is 3. The number of rotatable bonds is 3. The number of carbonyl (C=O) groups is 2. The molecular weight excluding hydrogens is 413 g/mol. The molecule has 2 atom stereocenters. The number of fused-ring (bicyclic) bond motifs is 4. The normalized spacial score (nSPS) is 18.4. The van der Waals surface area contributed by atoms with E-state index in [0.717, 1.165) is 12.5 Å². The third-order valence-electron chi connectivity index (χ3n) is 5.39. The van der Waals surface area contributed by atoms with E-state index in [4.69, 9.17) is 0 Å². The maximum Gasteiger partial charge on any atom is 0.408 e. The molecule has 4 heterocycles. The lowest BCUT2D eigenvalue weighted by molar-refractivity contribution is -0.149. The molecule has 0 aliphatic carbocycles. The molecule has 1 saturated heterocycles. The Morgan fingerprint density at radius 1 is 1.23 bits per heavy atom. The van der Waals surface area contributed by atoms with Gasteiger partial charge in [-0.05, 0) is 44.0 Å². The lowest BCUT2D eigenvalue weighted by Gasteiger charge is -2.35. The number of urea groups is 1. The average Bonchev–Trinajstić information content (AvgIpc) is 3.13. The van der Waals surface area contributed by atoms with Gasteiger partial charge in [0.25, 0.3) is 5.91 Å². The van der Waals surface area contributed by atoms with Crippen molar-refractivity contribution < 1.29 is 22.8 Å². The second kappa shape index (κ2) is 7.71. The fraction of sp³-hybridized carbons (Fsp3) is 0.400. The number of aryl methyl sites for hydroxylation is 1. The topological polar surface area (TPSA) is 90.5 Å². The SMILES string of the molecule is Cc1ccc(NC(=O)N2c3nc(C(=O)NC(C)C(F)(F)F)ccc3N3CC[C@H]2C3)nc1. The van der Waals surface area contributed by atoms with Crippen LogP contribution in [0.25, 0.3) is 0 Å². The van der Waals surface area contributed by atoms with Crippen molar-refractivity contribution in [1.29, 1.82) is 0 Å². The summed E-state index contributed by atoms with van der Waals surface area (Å²) in [6, 6.07) is 3.82. The van der Waals surface area contributed by atoms with E-state index >= 15 is 0 Å². The maximum absolute atomic E-state index is 13.1. The molecule has 0 spiro atoms. The van der Waals surface area contributed by atoms with E-state index < -0.39 is 24.2 Å². The molecule has 2 aliphatic rings. The fourth-order valence-electron chi connectivity index (χ4n) is 3.66. The van der Waals surface area contributed by atoms with Crippen LogP contribution in [0.3, 0.4) is 0 Å². The van der Waals surface area contributed by atoms with Crippen LogP contribution in [0.4, 0.5) is 35.3 Å². The minimum absolute atomic E-state index is 0.169. The number of nitrogens with one attached hydrogen (secondary N) is 2. The minimum atomic E-state index is -4.57. The highest BCUT2D eigenvalue weighted by Gasteiger charge is 2.41. The van der Waals surface area contributed by atoms with Crippen LogP contribution in [-0.4, -0.2) is 53.3 Å². The number of nitrogens with zero attached hydrogens (tertiary/aromatic N) is 4. The largest absolute Gasteiger partial charge is 0.408 e. The summed E-state index contributed by atoms with van der Waals surface area (Å²) in [7, 11) is 0. The Morgan fingerprint density at radius 2 is 2.00 bits per heavy atom. The quantitative estimate of drug-likeness (QED) is 0.775. The van der Waals surface area contributed by atoms with Crippen molar-refractivity contribution in [3.63, 3.8) is 0 Å². The van der Waals surface area contributed by atoms with Gasteiger partial charge in [0.05, 0.1) is 11.7 Å². The molecule has 2 bridgehead atoms. The predicted octanol–water partition coefficient (Wildman–Crippen LogP) is 3.10. The number of aromatic nitrogens is 2. The molecule has 0 aromatic carbocycles. The Hall–Kier alpha value is -3.37. The van der Waals surface area contributed by atoms with Gasteiger partial charge in [0.15, 0.2) is 5.82 Å². The summed E-state index contributed by atoms with van der Waals surface area (Å²) < 4.78 is 38.4. The van der Waals surface area contributed by atoms with Crippen molar-refractivity contribution in [2.75, 3.05) is 28.2 Å². The number of hydrogen-bond acceptors (Lipinski definition) is 5. The first-order valence-corrected chi connectivity index (χ1v) is 9.80. The summed E-state index contributed by atoms with van der Waals surface area (Å²) in [5.74, 6) is -0.350. The molecule has 0 radical (unpaired) electrons. The van der Waals surface area contributed by atoms with Gasteiger partial charge < -0.3 is 10.2 Å². The molecule has 2 aromatic heterocycles. The van der Waals surface area contributed by atoms with Gasteiger partial charge >= 0.3 is 12.2 Å². The number of alkyl halides is 3. The fourth-order valence-corrected chi connectivity index (χ4v) is 3.66. The van der Waals surface area contributed by atoms with Gasteiger partial charge in [-0.3, -0.25) is 15.0 Å². The maximum atomic E-state index is 13.1. The Morgan fingerprint density at radius 3 is 2.68 bits per heavy atom. The van der Waals surface area contributed by atoms with Crippen LogP contribution >= 0.6 is 0 Å². The molecule has 2 aliphatic heterocycles. The molecule has 0 saturated carbocycles. The van der Waals surface area contributed by atoms with E-state index in [1.165, 1.54) is 11.0 Å². The van der Waals surface area contributed by atoms with Crippen LogP contribution < -0.4 is 20.4 Å². The molecule has 31 heavy (non-hydrogen) atoms. The van der Waals surface area contributed by atoms with Crippen LogP contribution in [0.1, 0.15) is 29.4 Å². The van der Waals surface area contributed by atoms with Gasteiger partial charge in [0.1, 0.15) is 17.6 Å². The van der Waals surface area contributed by atoms with Crippen molar-refractivity contribution in [3.05, 3.63) is 41.7 Å². The van der Waals surface area contributed by atoms with E-state index in [-0.39, 0.29) is 17.6 Å². The highest BCUT2D eigenvalue weighted by Crippen LogP contribution is 2.39. The van der Waals surface area contributed by atoms with Crippen molar-refractivity contribution in [2.45, 2.75) is 38.5 Å². The van der Waals surface area contributed by atoms with Crippen molar-refractivity contribution >= 4 is 29.3 Å². The smallest absolute Gasteiger partial charge is 0.366 e. The first-order chi connectivity index (χ1) is 14.6. The van der Waals surface area contributed by atoms with Crippen LogP contribution in [-0.2, 0) is 0 Å². The van der Waals surface area contributed by atoms with Crippen LogP contribution in [0.15, 0.2) is 30.5 Å². The first kappa shape index (κ1) is 20.9. The van der Waals surface area contributed by atoms with Gasteiger partial charge in [-0.15, -0.1) is 0 Å². The third kappa shape index (κ3) is 4.12. The number of halogens is 3. The molecule has 11 heteroatoms. The van der Waals surface area contributed by atoms with E-state index in [2.05, 4.69) is 15.3 Å². The number of hydrogen-bond donors (Lipinski definition) is 2. The highest BCUT2D eigenvalue weighted by molar-refractivity contribution is 6.05. The molecule has 1 unspecified atom stereocenters. The Bertz CT molecular complexity index is 1010. The predicted molar refractivity (Wildman–Crippen MR) is 108 cm³/mol. The molecular formula is C20H21F3N6O2. The zero-order valence-corrected chi connectivity index (χ0v) is 16.9. The summed E-state index contributed by atoms with van der Waals surface area (Å²) in [5.41, 5.74) is 1.41. The Kier molecular flexibility index (Phi) is 5.19. The summed E-state index contributed by atoms with van der Waals surface area (Å²) in [6.07, 6.45) is -2.24. The van der Waals surface area contributed by atoms with Crippen LogP contribution in [0.5, 0.6) is 0 Å². The summed E-state index contributed by atoms with van der Waals surface area (Å²) in [5, 5.41) is 4.63. The highest BCUT2D eigenvalue weighted by atomic mass is 19.4. The molecule has 2 aromatic rings. The summed E-state index contributed by atoms with van der Waals surface area (Å²) in [4.78, 5) is 37.4. The monoisotopic (exact) mass is 434 g/mol. The first-order valence-electron chi connectivity index (χ1n) is 9.80. The molecule has 164 valence electrons. The van der Waals surface area contributed by atoms with E-state index in [0.29, 0.717) is 31.0 Å². The zero-order chi connectivity index (χ0) is 22.3. The van der Waals surface area contributed by atoms with Gasteiger partial charge in [0, 0.05) is 19.3 Å². The minimum Gasteiger partial charge on any atom is -0.366 e. The molecule has 8 nitrogen and oxygen atoms in total. The molecule has 4 rings (SSSR count). The van der Waals surface area contributed by atoms with Crippen molar-refractivity contribution in [2.24, 2.45) is 0 Å². The van der Waals surface area contributed by atoms with E-state index in [9.17, 15) is 22.8 Å². The Labute approximate surface area is 176 Å². The van der Waals surface area contributed by atoms with E-state index in [1.54, 1.807) is 18.3 Å². The van der Waals surface area contributed by atoms with Gasteiger partial charge in [-0.2, -0.15) is 13.2 Å². The number of pyridine rings is 2. The van der Waals surface area contributed by atoms with Gasteiger partial charge in [-0.25, -0.2) is 14.8 Å². The van der Waals surface area contributed by atoms with Gasteiger partial charge in [-0.1, -0.05) is 6.07 Å². The second-order valence-corrected chi connectivity index (χ2v) is 7.69. The van der Waals surface area contributed by atoms with Crippen molar-refractivity contribution in [3.8, 4) is 0 Å². The van der Waals surface area contributed by atoms with Crippen LogP contribution in [0.2, 0.25) is 0 Å². The zero-order valence-electron chi connectivity index (χ0n) is 16.9. The Balaban J connectivity index is 1.62. The second-order valence-electron chi connectivity index (χ2n) is 7.69. The van der Waals surface area contributed by atoms with Gasteiger partial charge in [0.2, 0.25) is 0 Å². The summed E-state index contributed by atoms with van der Waals surface area (Å²) >= 11 is 0. The number of amides is 3.